The van der Waals surface area contributed by atoms with Crippen molar-refractivity contribution >= 4 is 5.69 Å². The summed E-state index contributed by atoms with van der Waals surface area (Å²) < 4.78 is 37.4. The van der Waals surface area contributed by atoms with Gasteiger partial charge < -0.3 is 10.6 Å². The fourth-order valence-electron chi connectivity index (χ4n) is 1.63. The number of rotatable bonds is 4. The maximum absolute atomic E-state index is 12.5. The van der Waals surface area contributed by atoms with Crippen LogP contribution in [0.3, 0.4) is 0 Å². The van der Waals surface area contributed by atoms with Gasteiger partial charge in [0.15, 0.2) is 0 Å². The highest BCUT2D eigenvalue weighted by Gasteiger charge is 2.32. The summed E-state index contributed by atoms with van der Waals surface area (Å²) in [7, 11) is 0. The molecule has 0 radical (unpaired) electrons. The molecule has 17 heavy (non-hydrogen) atoms. The van der Waals surface area contributed by atoms with Gasteiger partial charge in [0.25, 0.3) is 0 Å². The second-order valence-electron chi connectivity index (χ2n) is 4.21. The number of nitrogens with zero attached hydrogens (tertiary/aromatic N) is 1. The largest absolute Gasteiger partial charge is 0.405 e. The van der Waals surface area contributed by atoms with Crippen LogP contribution in [0, 0.1) is 0 Å². The molecule has 0 atom stereocenters. The molecule has 0 unspecified atom stereocenters. The molecular weight excluding hydrogens is 229 g/mol. The fourth-order valence-corrected chi connectivity index (χ4v) is 1.63. The Bertz CT molecular complexity index is 361. The predicted molar refractivity (Wildman–Crippen MR) is 62.9 cm³/mol. The molecule has 0 bridgehead atoms. The van der Waals surface area contributed by atoms with E-state index >= 15 is 0 Å². The van der Waals surface area contributed by atoms with Crippen LogP contribution >= 0.6 is 0 Å². The quantitative estimate of drug-likeness (QED) is 0.885. The molecule has 2 N–H and O–H groups in total. The van der Waals surface area contributed by atoms with Crippen molar-refractivity contribution in [1.82, 2.24) is 0 Å². The van der Waals surface area contributed by atoms with Crippen molar-refractivity contribution in [3.63, 3.8) is 0 Å². The van der Waals surface area contributed by atoms with Gasteiger partial charge in [-0.1, -0.05) is 12.1 Å². The first-order valence-corrected chi connectivity index (χ1v) is 5.46. The first-order valence-electron chi connectivity index (χ1n) is 5.46. The summed E-state index contributed by atoms with van der Waals surface area (Å²) in [5, 5.41) is 0. The van der Waals surface area contributed by atoms with Gasteiger partial charge in [0.05, 0.1) is 0 Å². The van der Waals surface area contributed by atoms with Crippen LogP contribution in [0.1, 0.15) is 19.4 Å². The number of nitrogens with two attached hydrogens (primary N) is 1. The highest BCUT2D eigenvalue weighted by molar-refractivity contribution is 5.49. The number of alkyl halides is 3. The zero-order valence-corrected chi connectivity index (χ0v) is 9.96. The minimum Gasteiger partial charge on any atom is -0.360 e. The van der Waals surface area contributed by atoms with Gasteiger partial charge in [0.2, 0.25) is 0 Å². The SMILES string of the molecule is CC(C)N(CC(F)(F)F)c1cccc(CN)c1. The van der Waals surface area contributed by atoms with Crippen molar-refractivity contribution in [2.45, 2.75) is 32.6 Å². The van der Waals surface area contributed by atoms with Crippen LogP contribution in [0.4, 0.5) is 18.9 Å². The summed E-state index contributed by atoms with van der Waals surface area (Å²) >= 11 is 0. The Hall–Kier alpha value is -1.23. The van der Waals surface area contributed by atoms with Gasteiger partial charge in [-0.3, -0.25) is 0 Å². The van der Waals surface area contributed by atoms with Crippen LogP contribution in [0.2, 0.25) is 0 Å². The molecule has 5 heteroatoms. The molecule has 0 heterocycles. The average molecular weight is 246 g/mol. The molecule has 1 rings (SSSR count). The molecule has 1 aromatic rings. The summed E-state index contributed by atoms with van der Waals surface area (Å²) in [6.45, 7) is 2.85. The lowest BCUT2D eigenvalue weighted by molar-refractivity contribution is -0.120. The molecule has 0 aromatic heterocycles. The first kappa shape index (κ1) is 13.8. The van der Waals surface area contributed by atoms with Crippen molar-refractivity contribution in [3.05, 3.63) is 29.8 Å². The Kier molecular flexibility index (Phi) is 4.40. The maximum Gasteiger partial charge on any atom is 0.405 e. The van der Waals surface area contributed by atoms with Gasteiger partial charge in [0.1, 0.15) is 6.54 Å². The van der Waals surface area contributed by atoms with Gasteiger partial charge in [-0.15, -0.1) is 0 Å². The van der Waals surface area contributed by atoms with E-state index in [4.69, 9.17) is 5.73 Å². The molecule has 0 fully saturated rings. The van der Waals surface area contributed by atoms with E-state index in [9.17, 15) is 13.2 Å². The van der Waals surface area contributed by atoms with Gasteiger partial charge in [0, 0.05) is 18.3 Å². The Morgan fingerprint density at radius 1 is 1.29 bits per heavy atom. The van der Waals surface area contributed by atoms with E-state index in [1.165, 1.54) is 4.90 Å². The minimum absolute atomic E-state index is 0.218. The first-order chi connectivity index (χ1) is 7.83. The monoisotopic (exact) mass is 246 g/mol. The van der Waals surface area contributed by atoms with Crippen LogP contribution in [0.15, 0.2) is 24.3 Å². The number of hydrogen-bond acceptors (Lipinski definition) is 2. The topological polar surface area (TPSA) is 29.3 Å². The number of anilines is 1. The smallest absolute Gasteiger partial charge is 0.360 e. The lowest BCUT2D eigenvalue weighted by atomic mass is 10.1. The van der Waals surface area contributed by atoms with Crippen LogP contribution < -0.4 is 10.6 Å². The van der Waals surface area contributed by atoms with E-state index in [1.54, 1.807) is 38.1 Å². The molecule has 1 aromatic carbocycles. The van der Waals surface area contributed by atoms with Gasteiger partial charge in [-0.2, -0.15) is 13.2 Å². The molecule has 2 nitrogen and oxygen atoms in total. The predicted octanol–water partition coefficient (Wildman–Crippen LogP) is 2.92. The Morgan fingerprint density at radius 3 is 2.41 bits per heavy atom. The van der Waals surface area contributed by atoms with E-state index in [0.717, 1.165) is 5.56 Å². The molecular formula is C12H17F3N2. The summed E-state index contributed by atoms with van der Waals surface area (Å²) in [6.07, 6.45) is -4.21. The Labute approximate surface area is 99.2 Å². The zero-order chi connectivity index (χ0) is 13.1. The number of halogens is 3. The van der Waals surface area contributed by atoms with E-state index in [2.05, 4.69) is 0 Å². The lowest BCUT2D eigenvalue weighted by Gasteiger charge is -2.30. The molecule has 0 aliphatic heterocycles. The lowest BCUT2D eigenvalue weighted by Crippen LogP contribution is -2.39. The van der Waals surface area contributed by atoms with E-state index in [1.807, 2.05) is 0 Å². The van der Waals surface area contributed by atoms with Crippen molar-refractivity contribution < 1.29 is 13.2 Å². The molecule has 0 saturated heterocycles. The molecule has 96 valence electrons. The molecule has 0 saturated carbocycles. The van der Waals surface area contributed by atoms with Crippen molar-refractivity contribution in [3.8, 4) is 0 Å². The molecule has 0 aliphatic carbocycles. The highest BCUT2D eigenvalue weighted by atomic mass is 19.4. The van der Waals surface area contributed by atoms with Crippen LogP contribution in [-0.4, -0.2) is 18.8 Å². The Balaban J connectivity index is 2.97. The Morgan fingerprint density at radius 2 is 1.94 bits per heavy atom. The van der Waals surface area contributed by atoms with Gasteiger partial charge in [-0.25, -0.2) is 0 Å². The van der Waals surface area contributed by atoms with Crippen LogP contribution in [0.25, 0.3) is 0 Å². The second-order valence-corrected chi connectivity index (χ2v) is 4.21. The summed E-state index contributed by atoms with van der Waals surface area (Å²) in [5.74, 6) is 0. The normalized spacial score (nSPS) is 11.9. The van der Waals surface area contributed by atoms with Crippen LogP contribution in [0.5, 0.6) is 0 Å². The van der Waals surface area contributed by atoms with Crippen molar-refractivity contribution in [1.29, 1.82) is 0 Å². The molecule has 0 aliphatic rings. The van der Waals surface area contributed by atoms with Crippen LogP contribution in [-0.2, 0) is 6.54 Å². The van der Waals surface area contributed by atoms with E-state index < -0.39 is 12.7 Å². The molecule has 0 spiro atoms. The maximum atomic E-state index is 12.5. The second kappa shape index (κ2) is 5.40. The summed E-state index contributed by atoms with van der Waals surface area (Å²) in [6, 6.07) is 6.68. The van der Waals surface area contributed by atoms with Crippen molar-refractivity contribution in [2.24, 2.45) is 5.73 Å². The van der Waals surface area contributed by atoms with E-state index in [-0.39, 0.29) is 6.04 Å². The zero-order valence-electron chi connectivity index (χ0n) is 9.96. The van der Waals surface area contributed by atoms with Crippen molar-refractivity contribution in [2.75, 3.05) is 11.4 Å². The number of hydrogen-bond donors (Lipinski definition) is 1. The third kappa shape index (κ3) is 4.26. The fraction of sp³-hybridized carbons (Fsp3) is 0.500. The molecule has 0 amide bonds. The standard InChI is InChI=1S/C12H17F3N2/c1-9(2)17(8-12(13,14)15)11-5-3-4-10(6-11)7-16/h3-6,9H,7-8,16H2,1-2H3. The van der Waals surface area contributed by atoms with Gasteiger partial charge >= 0.3 is 6.18 Å². The third-order valence-electron chi connectivity index (χ3n) is 2.45. The van der Waals surface area contributed by atoms with Gasteiger partial charge in [-0.05, 0) is 31.5 Å². The van der Waals surface area contributed by atoms with E-state index in [0.29, 0.717) is 12.2 Å². The number of benzene rings is 1. The third-order valence-corrected chi connectivity index (χ3v) is 2.45. The summed E-state index contributed by atoms with van der Waals surface area (Å²) in [4.78, 5) is 1.32. The summed E-state index contributed by atoms with van der Waals surface area (Å²) in [5.41, 5.74) is 6.87. The highest BCUT2D eigenvalue weighted by Crippen LogP contribution is 2.24. The minimum atomic E-state index is -4.21. The average Bonchev–Trinajstić information content (AvgIpc) is 2.24.